The topological polar surface area (TPSA) is 74.5 Å². The number of methoxy groups -OCH3 is 1. The highest BCUT2D eigenvalue weighted by molar-refractivity contribution is 6.13. The van der Waals surface area contributed by atoms with Gasteiger partial charge in [-0.2, -0.15) is 4.98 Å². The Labute approximate surface area is 162 Å². The van der Waals surface area contributed by atoms with Gasteiger partial charge in [0.15, 0.2) is 12.4 Å². The van der Waals surface area contributed by atoms with Gasteiger partial charge in [-0.3, -0.25) is 4.79 Å². The lowest BCUT2D eigenvalue weighted by atomic mass is 9.86. The van der Waals surface area contributed by atoms with Gasteiger partial charge in [-0.15, -0.1) is 0 Å². The summed E-state index contributed by atoms with van der Waals surface area (Å²) in [6.07, 6.45) is 3.49. The van der Waals surface area contributed by atoms with Gasteiger partial charge in [0.2, 0.25) is 11.7 Å². The lowest BCUT2D eigenvalue weighted by molar-refractivity contribution is 0.102. The maximum Gasteiger partial charge on any atom is 0.223 e. The second kappa shape index (κ2) is 7.68. The monoisotopic (exact) mass is 376 g/mol. The summed E-state index contributed by atoms with van der Waals surface area (Å²) in [5, 5.41) is 3.80. The zero-order valence-electron chi connectivity index (χ0n) is 15.8. The van der Waals surface area contributed by atoms with Crippen LogP contribution in [0.4, 0.5) is 0 Å². The van der Waals surface area contributed by atoms with Crippen LogP contribution in [-0.2, 0) is 13.0 Å². The lowest BCUT2D eigenvalue weighted by Crippen LogP contribution is -2.14. The third-order valence-corrected chi connectivity index (χ3v) is 4.67. The molecule has 1 heterocycles. The van der Waals surface area contributed by atoms with Crippen LogP contribution in [0, 0.1) is 6.92 Å². The predicted octanol–water partition coefficient (Wildman–Crippen LogP) is 4.18. The molecule has 0 radical (unpaired) electrons. The van der Waals surface area contributed by atoms with Crippen LogP contribution >= 0.6 is 0 Å². The number of aromatic nitrogens is 2. The van der Waals surface area contributed by atoms with Crippen molar-refractivity contribution in [3.63, 3.8) is 0 Å². The first-order valence-electron chi connectivity index (χ1n) is 9.06. The SMILES string of the molecule is COc1ccc2c(c1)CC/C(=C\c1ccc(OCc3noc(C)n3)cc1)C2=O. The lowest BCUT2D eigenvalue weighted by Gasteiger charge is -2.18. The van der Waals surface area contributed by atoms with Crippen molar-refractivity contribution in [2.45, 2.75) is 26.4 Å². The summed E-state index contributed by atoms with van der Waals surface area (Å²) in [6.45, 7) is 1.98. The van der Waals surface area contributed by atoms with Gasteiger partial charge in [0, 0.05) is 18.1 Å². The average molecular weight is 376 g/mol. The molecule has 1 aliphatic rings. The van der Waals surface area contributed by atoms with E-state index in [-0.39, 0.29) is 12.4 Å². The highest BCUT2D eigenvalue weighted by Crippen LogP contribution is 2.29. The molecule has 0 bridgehead atoms. The van der Waals surface area contributed by atoms with E-state index in [1.165, 1.54) is 0 Å². The highest BCUT2D eigenvalue weighted by Gasteiger charge is 2.22. The summed E-state index contributed by atoms with van der Waals surface area (Å²) in [4.78, 5) is 16.9. The fourth-order valence-corrected chi connectivity index (χ4v) is 3.23. The molecule has 28 heavy (non-hydrogen) atoms. The molecule has 1 aliphatic carbocycles. The molecule has 0 atom stereocenters. The first-order valence-corrected chi connectivity index (χ1v) is 9.06. The van der Waals surface area contributed by atoms with E-state index in [0.717, 1.165) is 34.4 Å². The number of rotatable bonds is 5. The number of carbonyl (C=O) groups is 1. The summed E-state index contributed by atoms with van der Waals surface area (Å²) in [5.74, 6) is 2.59. The van der Waals surface area contributed by atoms with Gasteiger partial charge >= 0.3 is 0 Å². The van der Waals surface area contributed by atoms with Crippen LogP contribution < -0.4 is 9.47 Å². The molecule has 1 aromatic heterocycles. The zero-order valence-corrected chi connectivity index (χ0v) is 15.8. The molecule has 142 valence electrons. The molecule has 0 amide bonds. The van der Waals surface area contributed by atoms with E-state index < -0.39 is 0 Å². The maximum atomic E-state index is 12.8. The number of benzene rings is 2. The fourth-order valence-electron chi connectivity index (χ4n) is 3.23. The number of fused-ring (bicyclic) bond motifs is 1. The Bertz CT molecular complexity index is 1030. The Balaban J connectivity index is 1.45. The second-order valence-corrected chi connectivity index (χ2v) is 6.61. The van der Waals surface area contributed by atoms with E-state index >= 15 is 0 Å². The summed E-state index contributed by atoms with van der Waals surface area (Å²) in [5.41, 5.74) is 3.58. The molecule has 3 aromatic rings. The van der Waals surface area contributed by atoms with E-state index in [0.29, 0.717) is 23.9 Å². The Morgan fingerprint density at radius 3 is 2.61 bits per heavy atom. The number of nitrogens with zero attached hydrogens (tertiary/aromatic N) is 2. The smallest absolute Gasteiger partial charge is 0.223 e. The number of ether oxygens (including phenoxy) is 2. The van der Waals surface area contributed by atoms with Gasteiger partial charge in [-0.05, 0) is 60.4 Å². The normalized spacial score (nSPS) is 14.8. The third kappa shape index (κ3) is 3.81. The van der Waals surface area contributed by atoms with Crippen LogP contribution in [0.3, 0.4) is 0 Å². The Morgan fingerprint density at radius 1 is 1.11 bits per heavy atom. The first-order chi connectivity index (χ1) is 13.6. The van der Waals surface area contributed by atoms with Crippen molar-refractivity contribution in [3.8, 4) is 11.5 Å². The van der Waals surface area contributed by atoms with Crippen molar-refractivity contribution in [1.29, 1.82) is 0 Å². The molecule has 0 fully saturated rings. The van der Waals surface area contributed by atoms with Gasteiger partial charge in [0.1, 0.15) is 11.5 Å². The second-order valence-electron chi connectivity index (χ2n) is 6.61. The predicted molar refractivity (Wildman–Crippen MR) is 103 cm³/mol. The van der Waals surface area contributed by atoms with Crippen LogP contribution in [0.2, 0.25) is 0 Å². The molecule has 2 aromatic carbocycles. The summed E-state index contributed by atoms with van der Waals surface area (Å²) in [7, 11) is 1.63. The van der Waals surface area contributed by atoms with Crippen molar-refractivity contribution in [1.82, 2.24) is 10.1 Å². The van der Waals surface area contributed by atoms with E-state index in [4.69, 9.17) is 14.0 Å². The minimum absolute atomic E-state index is 0.0803. The largest absolute Gasteiger partial charge is 0.497 e. The van der Waals surface area contributed by atoms with E-state index in [1.54, 1.807) is 14.0 Å². The minimum Gasteiger partial charge on any atom is -0.497 e. The molecular weight excluding hydrogens is 356 g/mol. The number of ketones is 1. The molecule has 6 nitrogen and oxygen atoms in total. The van der Waals surface area contributed by atoms with Crippen LogP contribution in [0.15, 0.2) is 52.6 Å². The van der Waals surface area contributed by atoms with E-state index in [1.807, 2.05) is 48.5 Å². The Morgan fingerprint density at radius 2 is 1.89 bits per heavy atom. The Hall–Kier alpha value is -3.41. The number of allylic oxidation sites excluding steroid dienone is 1. The number of hydrogen-bond acceptors (Lipinski definition) is 6. The van der Waals surface area contributed by atoms with Crippen molar-refractivity contribution in [2.24, 2.45) is 0 Å². The van der Waals surface area contributed by atoms with Gasteiger partial charge in [-0.1, -0.05) is 17.3 Å². The van der Waals surface area contributed by atoms with Crippen LogP contribution in [-0.4, -0.2) is 23.0 Å². The number of aryl methyl sites for hydroxylation is 2. The highest BCUT2D eigenvalue weighted by atomic mass is 16.5. The molecule has 0 saturated heterocycles. The standard InChI is InChI=1S/C22H20N2O4/c1-14-23-21(24-28-14)13-27-18-7-3-15(4-8-18)11-17-6-5-16-12-19(26-2)9-10-20(16)22(17)25/h3-4,7-12H,5-6,13H2,1-2H3/b17-11+. The molecule has 0 N–H and O–H groups in total. The molecule has 0 unspecified atom stereocenters. The van der Waals surface area contributed by atoms with E-state index in [2.05, 4.69) is 10.1 Å². The van der Waals surface area contributed by atoms with Gasteiger partial charge < -0.3 is 14.0 Å². The summed E-state index contributed by atoms with van der Waals surface area (Å²) < 4.78 is 15.8. The van der Waals surface area contributed by atoms with Crippen molar-refractivity contribution >= 4 is 11.9 Å². The van der Waals surface area contributed by atoms with Crippen LogP contribution in [0.5, 0.6) is 11.5 Å². The van der Waals surface area contributed by atoms with Crippen LogP contribution in [0.1, 0.15) is 39.6 Å². The maximum absolute atomic E-state index is 12.8. The van der Waals surface area contributed by atoms with Gasteiger partial charge in [-0.25, -0.2) is 0 Å². The fraction of sp³-hybridized carbons (Fsp3) is 0.227. The molecule has 0 saturated carbocycles. The zero-order chi connectivity index (χ0) is 19.5. The average Bonchev–Trinajstić information content (AvgIpc) is 3.14. The van der Waals surface area contributed by atoms with Crippen molar-refractivity contribution in [2.75, 3.05) is 7.11 Å². The number of Topliss-reactive ketones (excluding diaryl/α,β-unsaturated/α-hetero) is 1. The molecule has 0 aliphatic heterocycles. The molecule has 6 heteroatoms. The number of carbonyl (C=O) groups excluding carboxylic acids is 1. The van der Waals surface area contributed by atoms with Crippen molar-refractivity contribution < 1.29 is 18.8 Å². The first kappa shape index (κ1) is 18.0. The van der Waals surface area contributed by atoms with Crippen LogP contribution in [0.25, 0.3) is 6.08 Å². The van der Waals surface area contributed by atoms with E-state index in [9.17, 15) is 4.79 Å². The summed E-state index contributed by atoms with van der Waals surface area (Å²) in [6, 6.07) is 13.2. The molecule has 4 rings (SSSR count). The van der Waals surface area contributed by atoms with Gasteiger partial charge in [0.05, 0.1) is 7.11 Å². The van der Waals surface area contributed by atoms with Gasteiger partial charge in [0.25, 0.3) is 0 Å². The molecule has 0 spiro atoms. The minimum atomic E-state index is 0.0803. The molecular formula is C22H20N2O4. The Kier molecular flexibility index (Phi) is 4.93. The number of hydrogen-bond donors (Lipinski definition) is 0. The quantitative estimate of drug-likeness (QED) is 0.622. The summed E-state index contributed by atoms with van der Waals surface area (Å²) >= 11 is 0. The van der Waals surface area contributed by atoms with Crippen molar-refractivity contribution in [3.05, 3.63) is 76.4 Å². The third-order valence-electron chi connectivity index (χ3n) is 4.67.